The van der Waals surface area contributed by atoms with Crippen LogP contribution in [-0.4, -0.2) is 17.5 Å². The predicted octanol–water partition coefficient (Wildman–Crippen LogP) is 8.00. The van der Waals surface area contributed by atoms with E-state index < -0.39 is 22.7 Å². The van der Waals surface area contributed by atoms with Gasteiger partial charge in [-0.3, -0.25) is 9.11 Å². The molecule has 2 atom stereocenters. The first-order valence-corrected chi connectivity index (χ1v) is 12.9. The summed E-state index contributed by atoms with van der Waals surface area (Å²) >= 11 is -4.76. The molecule has 4 rings (SSSR count). The molecular weight excluding hydrogens is 520 g/mol. The second-order valence-corrected chi connectivity index (χ2v) is 8.79. The third kappa shape index (κ3) is 8.64. The Kier molecular flexibility index (Phi) is 11.8. The summed E-state index contributed by atoms with van der Waals surface area (Å²) < 4.78 is 49.8. The Hall–Kier alpha value is -3.82. The highest BCUT2D eigenvalue weighted by Crippen LogP contribution is 2.25. The molecule has 0 aromatic heterocycles. The fourth-order valence-electron chi connectivity index (χ4n) is 3.49. The van der Waals surface area contributed by atoms with Crippen molar-refractivity contribution in [1.82, 2.24) is 0 Å². The summed E-state index contributed by atoms with van der Waals surface area (Å²) in [7, 11) is 0. The first-order chi connectivity index (χ1) is 17.5. The first kappa shape index (κ1) is 30.4. The van der Waals surface area contributed by atoms with Crippen LogP contribution in [0.5, 0.6) is 11.5 Å². The average molecular weight is 551 g/mol. The lowest BCUT2D eigenvalue weighted by atomic mass is 10.0. The van der Waals surface area contributed by atoms with Gasteiger partial charge < -0.3 is 8.37 Å². The molecule has 0 heterocycles. The summed E-state index contributed by atoms with van der Waals surface area (Å²) in [4.78, 5) is 0. The molecule has 2 N–H and O–H groups in total. The summed E-state index contributed by atoms with van der Waals surface area (Å²) in [6.07, 6.45) is 7.49. The zero-order valence-electron chi connectivity index (χ0n) is 18.9. The summed E-state index contributed by atoms with van der Waals surface area (Å²) in [5.41, 5.74) is 5.47. The highest BCUT2D eigenvalue weighted by atomic mass is 32.2. The Morgan fingerprint density at radius 2 is 0.842 bits per heavy atom. The Labute approximate surface area is 229 Å². The molecule has 0 radical (unpaired) electrons. The van der Waals surface area contributed by atoms with Gasteiger partial charge in [-0.2, -0.15) is 8.42 Å². The van der Waals surface area contributed by atoms with Crippen LogP contribution in [0.4, 0.5) is 0 Å². The van der Waals surface area contributed by atoms with Crippen molar-refractivity contribution in [2.24, 2.45) is 0 Å². The van der Waals surface area contributed by atoms with Crippen molar-refractivity contribution in [3.8, 4) is 22.6 Å². The topological polar surface area (TPSA) is 93.1 Å². The Balaban J connectivity index is 0.00000253. The van der Waals surface area contributed by atoms with E-state index in [9.17, 15) is 8.42 Å². The van der Waals surface area contributed by atoms with Gasteiger partial charge in [0.2, 0.25) is 0 Å². The number of hydrogen-bond donors (Lipinski definition) is 2. The molecule has 2 unspecified atom stereocenters. The molecule has 0 aliphatic rings. The molecule has 0 spiro atoms. The maximum absolute atomic E-state index is 11.0. The van der Waals surface area contributed by atoms with E-state index in [1.54, 1.807) is 24.3 Å². The summed E-state index contributed by atoms with van der Waals surface area (Å²) in [5, 5.41) is 0. The van der Waals surface area contributed by atoms with Gasteiger partial charge in [0.25, 0.3) is 0 Å². The van der Waals surface area contributed by atoms with Gasteiger partial charge in [0.1, 0.15) is 11.5 Å². The third-order valence-electron chi connectivity index (χ3n) is 5.23. The Morgan fingerprint density at radius 3 is 1.18 bits per heavy atom. The molecule has 8 heteroatoms. The summed E-state index contributed by atoms with van der Waals surface area (Å²) in [6.45, 7) is 0. The monoisotopic (exact) mass is 550 g/mol. The maximum Gasteiger partial charge on any atom is 0.357 e. The Morgan fingerprint density at radius 1 is 0.500 bits per heavy atom. The molecule has 38 heavy (non-hydrogen) atoms. The van der Waals surface area contributed by atoms with Gasteiger partial charge in [-0.25, -0.2) is 0 Å². The quantitative estimate of drug-likeness (QED) is 0.162. The van der Waals surface area contributed by atoms with E-state index in [0.717, 1.165) is 22.3 Å². The van der Waals surface area contributed by atoms with Gasteiger partial charge >= 0.3 is 22.7 Å². The van der Waals surface area contributed by atoms with Gasteiger partial charge in [-0.1, -0.05) is 124 Å². The number of hydrogen-bond acceptors (Lipinski definition) is 4. The number of para-hydroxylation sites is 2. The van der Waals surface area contributed by atoms with E-state index in [1.807, 2.05) is 97.1 Å². The summed E-state index contributed by atoms with van der Waals surface area (Å²) in [5.74, 6) is 0.666. The minimum atomic E-state index is -2.38. The van der Waals surface area contributed by atoms with E-state index in [1.165, 1.54) is 0 Å². The van der Waals surface area contributed by atoms with Crippen LogP contribution in [0.25, 0.3) is 35.4 Å². The van der Waals surface area contributed by atoms with Crippen molar-refractivity contribution in [3.05, 3.63) is 119 Å². The average Bonchev–Trinajstić information content (AvgIpc) is 2.88. The number of benzene rings is 4. The second-order valence-electron chi connectivity index (χ2n) is 7.59. The molecular formula is C30H30O6S2. The molecule has 0 aliphatic heterocycles. The normalized spacial score (nSPS) is 12.4. The molecule has 0 aliphatic carbocycles. The minimum absolute atomic E-state index is 0. The molecule has 0 amide bonds. The molecule has 0 saturated heterocycles. The van der Waals surface area contributed by atoms with Crippen molar-refractivity contribution < 1.29 is 25.9 Å². The molecule has 0 saturated carbocycles. The van der Waals surface area contributed by atoms with Crippen LogP contribution >= 0.6 is 0 Å². The van der Waals surface area contributed by atoms with Crippen molar-refractivity contribution in [2.75, 3.05) is 0 Å². The van der Waals surface area contributed by atoms with Crippen LogP contribution in [0.2, 0.25) is 0 Å². The summed E-state index contributed by atoms with van der Waals surface area (Å²) in [6, 6.07) is 30.1. The van der Waals surface area contributed by atoms with Crippen LogP contribution in [0.15, 0.2) is 97.1 Å². The molecule has 198 valence electrons. The largest absolute Gasteiger partial charge is 0.379 e. The molecule has 6 nitrogen and oxygen atoms in total. The zero-order chi connectivity index (χ0) is 25.3. The fourth-order valence-corrected chi connectivity index (χ4v) is 4.10. The fraction of sp³-hybridized carbons (Fsp3) is 0.0667. The molecule has 4 aromatic carbocycles. The van der Waals surface area contributed by atoms with Crippen molar-refractivity contribution in [3.63, 3.8) is 0 Å². The van der Waals surface area contributed by atoms with E-state index in [2.05, 4.69) is 0 Å². The van der Waals surface area contributed by atoms with Gasteiger partial charge in [0, 0.05) is 11.1 Å². The van der Waals surface area contributed by atoms with Crippen molar-refractivity contribution in [1.29, 1.82) is 0 Å². The van der Waals surface area contributed by atoms with Crippen LogP contribution in [0, 0.1) is 0 Å². The van der Waals surface area contributed by atoms with Gasteiger partial charge in [-0.15, -0.1) is 0 Å². The van der Waals surface area contributed by atoms with Gasteiger partial charge in [0.05, 0.1) is 0 Å². The maximum atomic E-state index is 11.0. The minimum Gasteiger partial charge on any atom is -0.379 e. The van der Waals surface area contributed by atoms with E-state index >= 15 is 0 Å². The second kappa shape index (κ2) is 14.8. The van der Waals surface area contributed by atoms with E-state index in [0.29, 0.717) is 22.6 Å². The van der Waals surface area contributed by atoms with Crippen LogP contribution in [-0.2, 0) is 22.7 Å². The van der Waals surface area contributed by atoms with Gasteiger partial charge in [0.15, 0.2) is 0 Å². The standard InChI is InChI=1S/C28H22O6S2.2CH4/c29-35(30)33-27-7-3-1-5-25(27)19-13-21-9-15-23(16-10-21)24-17-11-22(12-18-24)14-20-26-6-2-4-8-28(26)34-36(31)32;;/h1-20H,(H,29,30)(H,31,32);2*1H4/b19-13+,20-14+;;. The van der Waals surface area contributed by atoms with Crippen molar-refractivity contribution in [2.45, 2.75) is 14.9 Å². The third-order valence-corrected chi connectivity index (χ3v) is 5.87. The molecule has 0 bridgehead atoms. The predicted molar refractivity (Wildman–Crippen MR) is 159 cm³/mol. The van der Waals surface area contributed by atoms with Crippen LogP contribution in [0.1, 0.15) is 37.1 Å². The highest BCUT2D eigenvalue weighted by Gasteiger charge is 2.05. The molecule has 4 aromatic rings. The lowest BCUT2D eigenvalue weighted by Gasteiger charge is -2.05. The lowest BCUT2D eigenvalue weighted by molar-refractivity contribution is 0.456. The first-order valence-electron chi connectivity index (χ1n) is 10.8. The molecule has 0 fully saturated rings. The van der Waals surface area contributed by atoms with E-state index in [-0.39, 0.29) is 14.9 Å². The zero-order valence-corrected chi connectivity index (χ0v) is 20.5. The Bertz CT molecular complexity index is 1320. The highest BCUT2D eigenvalue weighted by molar-refractivity contribution is 7.74. The smallest absolute Gasteiger partial charge is 0.357 e. The van der Waals surface area contributed by atoms with Gasteiger partial charge in [-0.05, 0) is 34.4 Å². The van der Waals surface area contributed by atoms with E-state index in [4.69, 9.17) is 17.5 Å². The number of rotatable bonds is 9. The van der Waals surface area contributed by atoms with Crippen LogP contribution < -0.4 is 8.37 Å². The lowest BCUT2D eigenvalue weighted by Crippen LogP contribution is -1.98. The van der Waals surface area contributed by atoms with Crippen LogP contribution in [0.3, 0.4) is 0 Å². The SMILES string of the molecule is C.C.O=S(O)Oc1ccccc1/C=C/c1ccc(-c2ccc(/C=C/c3ccccc3OS(=O)O)cc2)cc1. The van der Waals surface area contributed by atoms with Crippen molar-refractivity contribution >= 4 is 47.0 Å².